The van der Waals surface area contributed by atoms with Gasteiger partial charge in [-0.05, 0) is 19.1 Å². The molecule has 0 aliphatic rings. The van der Waals surface area contributed by atoms with E-state index in [0.717, 1.165) is 5.69 Å². The van der Waals surface area contributed by atoms with Crippen molar-refractivity contribution in [2.24, 2.45) is 0 Å². The monoisotopic (exact) mass is 201 g/mol. The molecule has 1 aromatic carbocycles. The summed E-state index contributed by atoms with van der Waals surface area (Å²) in [6.45, 7) is 2.41. The van der Waals surface area contributed by atoms with Gasteiger partial charge in [0.05, 0.1) is 0 Å². The first-order chi connectivity index (χ1) is 6.18. The van der Waals surface area contributed by atoms with Crippen LogP contribution in [0.15, 0.2) is 24.3 Å². The summed E-state index contributed by atoms with van der Waals surface area (Å²) in [7, 11) is 0. The second-order valence-corrected chi connectivity index (χ2v) is 2.91. The molecule has 4 heteroatoms. The minimum Gasteiger partial charge on any atom is -0.550 e. The molecular weight excluding hydrogens is 189 g/mol. The van der Waals surface area contributed by atoms with Gasteiger partial charge in [-0.3, -0.25) is 0 Å². The van der Waals surface area contributed by atoms with Gasteiger partial charge in [0.2, 0.25) is 0 Å². The van der Waals surface area contributed by atoms with Gasteiger partial charge in [0.25, 0.3) is 0 Å². The third-order valence-corrected chi connectivity index (χ3v) is 1.71. The number of carboxylic acids is 1. The topological polar surface area (TPSA) is 52.2 Å². The Labute approximate surface area is 106 Å². The first-order valence-corrected chi connectivity index (χ1v) is 4.19. The summed E-state index contributed by atoms with van der Waals surface area (Å²) >= 11 is 0. The van der Waals surface area contributed by atoms with E-state index in [4.69, 9.17) is 0 Å². The van der Waals surface area contributed by atoms with Crippen molar-refractivity contribution in [2.45, 2.75) is 13.3 Å². The molecule has 1 radical (unpaired) electrons. The Kier molecular flexibility index (Phi) is 6.62. The van der Waals surface area contributed by atoms with Gasteiger partial charge in [-0.2, -0.15) is 0 Å². The molecule has 0 aliphatic carbocycles. The van der Waals surface area contributed by atoms with E-state index in [1.165, 1.54) is 5.56 Å². The molecular formula is C10H12NNaO2-. The third-order valence-electron chi connectivity index (χ3n) is 1.71. The van der Waals surface area contributed by atoms with E-state index in [1.807, 2.05) is 31.2 Å². The zero-order valence-electron chi connectivity index (χ0n) is 8.54. The molecule has 1 rings (SSSR count). The zero-order valence-corrected chi connectivity index (χ0v) is 10.5. The van der Waals surface area contributed by atoms with Crippen LogP contribution in [0.25, 0.3) is 0 Å². The number of hydrogen-bond donors (Lipinski definition) is 1. The molecule has 0 atom stereocenters. The molecule has 0 heterocycles. The zero-order chi connectivity index (χ0) is 9.68. The van der Waals surface area contributed by atoms with Crippen molar-refractivity contribution >= 4 is 41.2 Å². The predicted octanol–water partition coefficient (Wildman–Crippen LogP) is 0.166. The number of carbonyl (C=O) groups is 1. The van der Waals surface area contributed by atoms with Crippen LogP contribution in [0.1, 0.15) is 12.0 Å². The first kappa shape index (κ1) is 13.5. The number of carboxylic acid groups (broad SMARTS) is 1. The fraction of sp³-hybridized carbons (Fsp3) is 0.300. The number of nitrogens with one attached hydrogen (secondary N) is 1. The normalized spacial score (nSPS) is 8.93. The van der Waals surface area contributed by atoms with Crippen LogP contribution in [0.3, 0.4) is 0 Å². The van der Waals surface area contributed by atoms with Crippen LogP contribution in [-0.2, 0) is 4.79 Å². The first-order valence-electron chi connectivity index (χ1n) is 4.19. The van der Waals surface area contributed by atoms with Gasteiger partial charge < -0.3 is 15.2 Å². The molecule has 3 nitrogen and oxygen atoms in total. The van der Waals surface area contributed by atoms with Crippen LogP contribution in [0.5, 0.6) is 0 Å². The summed E-state index contributed by atoms with van der Waals surface area (Å²) in [4.78, 5) is 10.1. The van der Waals surface area contributed by atoms with Gasteiger partial charge in [-0.15, -0.1) is 0 Å². The van der Waals surface area contributed by atoms with Gasteiger partial charge in [-0.1, -0.05) is 17.7 Å². The predicted molar refractivity (Wildman–Crippen MR) is 55.0 cm³/mol. The molecule has 0 saturated heterocycles. The standard InChI is InChI=1S/C10H13NO2.Na/c1-8-2-4-9(5-3-8)11-7-6-10(12)13;/h2-5,11H,6-7H2,1H3,(H,12,13);/p-1. The Balaban J connectivity index is 0.00000169. The molecule has 0 fully saturated rings. The van der Waals surface area contributed by atoms with Crippen molar-refractivity contribution in [3.05, 3.63) is 29.8 Å². The number of rotatable bonds is 4. The number of aryl methyl sites for hydroxylation is 1. The summed E-state index contributed by atoms with van der Waals surface area (Å²) in [5.74, 6) is -1.03. The van der Waals surface area contributed by atoms with E-state index in [0.29, 0.717) is 6.54 Å². The molecule has 0 spiro atoms. The van der Waals surface area contributed by atoms with Crippen molar-refractivity contribution in [1.82, 2.24) is 0 Å². The number of aliphatic carboxylic acids is 1. The van der Waals surface area contributed by atoms with Gasteiger partial charge in [0.15, 0.2) is 0 Å². The van der Waals surface area contributed by atoms with Crippen LogP contribution in [0.2, 0.25) is 0 Å². The van der Waals surface area contributed by atoms with E-state index in [9.17, 15) is 9.90 Å². The Morgan fingerprint density at radius 2 is 1.93 bits per heavy atom. The fourth-order valence-electron chi connectivity index (χ4n) is 0.980. The van der Waals surface area contributed by atoms with Crippen LogP contribution in [-0.4, -0.2) is 42.1 Å². The average molecular weight is 201 g/mol. The van der Waals surface area contributed by atoms with Gasteiger partial charge in [0.1, 0.15) is 0 Å². The number of anilines is 1. The smallest absolute Gasteiger partial charge is 0.0431 e. The van der Waals surface area contributed by atoms with Crippen LogP contribution in [0, 0.1) is 6.92 Å². The van der Waals surface area contributed by atoms with E-state index >= 15 is 0 Å². The molecule has 0 aliphatic heterocycles. The number of benzene rings is 1. The largest absolute Gasteiger partial charge is 0.550 e. The molecule has 0 bridgehead atoms. The minimum absolute atomic E-state index is 0. The second kappa shape index (κ2) is 6.87. The summed E-state index contributed by atoms with van der Waals surface area (Å²) < 4.78 is 0. The Morgan fingerprint density at radius 3 is 2.43 bits per heavy atom. The summed E-state index contributed by atoms with van der Waals surface area (Å²) in [6, 6.07) is 7.79. The maximum Gasteiger partial charge on any atom is 0.0431 e. The maximum atomic E-state index is 10.1. The van der Waals surface area contributed by atoms with Gasteiger partial charge >= 0.3 is 0 Å². The summed E-state index contributed by atoms with van der Waals surface area (Å²) in [5, 5.41) is 13.1. The van der Waals surface area contributed by atoms with Crippen LogP contribution >= 0.6 is 0 Å². The number of carbonyl (C=O) groups excluding carboxylic acids is 1. The Bertz CT molecular complexity index is 285. The van der Waals surface area contributed by atoms with E-state index in [-0.39, 0.29) is 36.0 Å². The van der Waals surface area contributed by atoms with Gasteiger partial charge in [0, 0.05) is 54.2 Å². The van der Waals surface area contributed by atoms with Crippen LogP contribution in [0.4, 0.5) is 5.69 Å². The minimum atomic E-state index is -1.03. The van der Waals surface area contributed by atoms with Gasteiger partial charge in [-0.25, -0.2) is 0 Å². The molecule has 71 valence electrons. The van der Waals surface area contributed by atoms with Crippen LogP contribution < -0.4 is 10.4 Å². The van der Waals surface area contributed by atoms with Crippen molar-refractivity contribution in [1.29, 1.82) is 0 Å². The molecule has 0 amide bonds. The second-order valence-electron chi connectivity index (χ2n) is 2.91. The molecule has 0 saturated carbocycles. The quantitative estimate of drug-likeness (QED) is 0.706. The summed E-state index contributed by atoms with van der Waals surface area (Å²) in [6.07, 6.45) is 0.0356. The van der Waals surface area contributed by atoms with Crippen molar-refractivity contribution in [3.63, 3.8) is 0 Å². The van der Waals surface area contributed by atoms with Crippen molar-refractivity contribution in [3.8, 4) is 0 Å². The van der Waals surface area contributed by atoms with E-state index in [2.05, 4.69) is 5.32 Å². The van der Waals surface area contributed by atoms with Crippen molar-refractivity contribution in [2.75, 3.05) is 11.9 Å². The number of hydrogen-bond acceptors (Lipinski definition) is 3. The van der Waals surface area contributed by atoms with E-state index < -0.39 is 5.97 Å². The molecule has 1 aromatic rings. The molecule has 0 unspecified atom stereocenters. The SMILES string of the molecule is Cc1ccc(NCCC(=O)[O-])cc1.[Na]. The summed E-state index contributed by atoms with van der Waals surface area (Å²) in [5.41, 5.74) is 2.12. The Morgan fingerprint density at radius 1 is 1.36 bits per heavy atom. The van der Waals surface area contributed by atoms with Crippen molar-refractivity contribution < 1.29 is 9.90 Å². The van der Waals surface area contributed by atoms with E-state index in [1.54, 1.807) is 0 Å². The molecule has 0 aromatic heterocycles. The maximum absolute atomic E-state index is 10.1. The molecule has 14 heavy (non-hydrogen) atoms. The molecule has 1 N–H and O–H groups in total. The average Bonchev–Trinajstić information content (AvgIpc) is 2.08. The Hall–Kier alpha value is -0.510. The third kappa shape index (κ3) is 5.27. The fourth-order valence-corrected chi connectivity index (χ4v) is 0.980.